The molecule has 0 bridgehead atoms. The summed E-state index contributed by atoms with van der Waals surface area (Å²) in [6.07, 6.45) is 4.29. The number of nitrogens with two attached hydrogens (primary N) is 1. The maximum absolute atomic E-state index is 5.93. The maximum Gasteiger partial charge on any atom is 0.0511 e. The van der Waals surface area contributed by atoms with Gasteiger partial charge in [-0.15, -0.1) is 0 Å². The van der Waals surface area contributed by atoms with Crippen LogP contribution in [-0.2, 0) is 0 Å². The Morgan fingerprint density at radius 1 is 1.28 bits per heavy atom. The van der Waals surface area contributed by atoms with Crippen LogP contribution in [0.15, 0.2) is 22.7 Å². The average molecular weight is 309 g/mol. The second kappa shape index (κ2) is 4.86. The summed E-state index contributed by atoms with van der Waals surface area (Å²) >= 11 is 3.71. The van der Waals surface area contributed by atoms with Crippen LogP contribution < -0.4 is 10.6 Å². The molecule has 0 spiro atoms. The number of benzene rings is 1. The Hall–Kier alpha value is -0.540. The lowest BCUT2D eigenvalue weighted by Gasteiger charge is -2.22. The van der Waals surface area contributed by atoms with E-state index in [4.69, 9.17) is 5.73 Å². The van der Waals surface area contributed by atoms with Crippen LogP contribution in [0.1, 0.15) is 37.8 Å². The zero-order chi connectivity index (χ0) is 12.7. The third-order valence-electron chi connectivity index (χ3n) is 4.56. The minimum atomic E-state index is 0.105. The van der Waals surface area contributed by atoms with Gasteiger partial charge < -0.3 is 10.6 Å². The van der Waals surface area contributed by atoms with E-state index >= 15 is 0 Å². The third kappa shape index (κ3) is 2.19. The average Bonchev–Trinajstić information content (AvgIpc) is 2.88. The van der Waals surface area contributed by atoms with Gasteiger partial charge in [-0.1, -0.05) is 12.5 Å². The molecule has 2 fully saturated rings. The van der Waals surface area contributed by atoms with Gasteiger partial charge in [0.25, 0.3) is 0 Å². The highest BCUT2D eigenvalue weighted by Crippen LogP contribution is 2.41. The monoisotopic (exact) mass is 308 g/mol. The molecule has 2 nitrogen and oxygen atoms in total. The van der Waals surface area contributed by atoms with Crippen molar-refractivity contribution in [1.29, 1.82) is 0 Å². The molecule has 3 rings (SSSR count). The molecular weight excluding hydrogens is 288 g/mol. The van der Waals surface area contributed by atoms with Gasteiger partial charge in [0.05, 0.1) is 5.69 Å². The standard InChI is InChI=1S/C15H21BrN2/c1-10(17)11-5-6-15(14(16)7-11)18-8-12-3-2-4-13(12)9-18/h5-7,10,12-13H,2-4,8-9,17H2,1H3. The zero-order valence-corrected chi connectivity index (χ0v) is 12.5. The summed E-state index contributed by atoms with van der Waals surface area (Å²) in [4.78, 5) is 2.55. The number of anilines is 1. The molecule has 1 aliphatic carbocycles. The second-order valence-corrected chi connectivity index (χ2v) is 6.71. The molecule has 0 aromatic heterocycles. The SMILES string of the molecule is CC(N)c1ccc(N2CC3CCCC3C2)c(Br)c1. The van der Waals surface area contributed by atoms with Crippen molar-refractivity contribution in [1.82, 2.24) is 0 Å². The van der Waals surface area contributed by atoms with E-state index in [1.165, 1.54) is 48.1 Å². The molecule has 1 saturated carbocycles. The number of rotatable bonds is 2. The van der Waals surface area contributed by atoms with E-state index in [1.54, 1.807) is 0 Å². The Kier molecular flexibility index (Phi) is 3.37. The van der Waals surface area contributed by atoms with Gasteiger partial charge in [0.1, 0.15) is 0 Å². The smallest absolute Gasteiger partial charge is 0.0511 e. The van der Waals surface area contributed by atoms with Gasteiger partial charge >= 0.3 is 0 Å². The summed E-state index contributed by atoms with van der Waals surface area (Å²) in [5.41, 5.74) is 8.47. The number of fused-ring (bicyclic) bond motifs is 1. The lowest BCUT2D eigenvalue weighted by Crippen LogP contribution is -2.21. The molecule has 2 aliphatic rings. The molecule has 98 valence electrons. The zero-order valence-electron chi connectivity index (χ0n) is 10.9. The fourth-order valence-electron chi connectivity index (χ4n) is 3.49. The third-order valence-corrected chi connectivity index (χ3v) is 5.20. The van der Waals surface area contributed by atoms with Crippen LogP contribution >= 0.6 is 15.9 Å². The summed E-state index contributed by atoms with van der Waals surface area (Å²) in [7, 11) is 0. The molecule has 0 radical (unpaired) electrons. The molecular formula is C15H21BrN2. The second-order valence-electron chi connectivity index (χ2n) is 5.86. The van der Waals surface area contributed by atoms with Gasteiger partial charge in [0.2, 0.25) is 0 Å². The van der Waals surface area contributed by atoms with Crippen LogP contribution in [0.5, 0.6) is 0 Å². The summed E-state index contributed by atoms with van der Waals surface area (Å²) in [5.74, 6) is 1.87. The predicted octanol–water partition coefficient (Wildman–Crippen LogP) is 3.71. The van der Waals surface area contributed by atoms with Crippen molar-refractivity contribution in [3.63, 3.8) is 0 Å². The van der Waals surface area contributed by atoms with Gasteiger partial charge in [-0.2, -0.15) is 0 Å². The van der Waals surface area contributed by atoms with E-state index in [1.807, 2.05) is 6.92 Å². The van der Waals surface area contributed by atoms with Crippen molar-refractivity contribution in [2.45, 2.75) is 32.2 Å². The van der Waals surface area contributed by atoms with E-state index in [-0.39, 0.29) is 6.04 Å². The summed E-state index contributed by atoms with van der Waals surface area (Å²) in [6.45, 7) is 4.50. The van der Waals surface area contributed by atoms with E-state index in [0.717, 1.165) is 11.8 Å². The molecule has 2 N–H and O–H groups in total. The highest BCUT2D eigenvalue weighted by atomic mass is 79.9. The van der Waals surface area contributed by atoms with Gasteiger partial charge in [-0.3, -0.25) is 0 Å². The van der Waals surface area contributed by atoms with E-state index < -0.39 is 0 Å². The highest BCUT2D eigenvalue weighted by Gasteiger charge is 2.36. The lowest BCUT2D eigenvalue weighted by molar-refractivity contribution is 0.494. The number of nitrogens with zero attached hydrogens (tertiary/aromatic N) is 1. The van der Waals surface area contributed by atoms with Crippen molar-refractivity contribution >= 4 is 21.6 Å². The van der Waals surface area contributed by atoms with Crippen molar-refractivity contribution in [2.24, 2.45) is 17.6 Å². The molecule has 3 heteroatoms. The largest absolute Gasteiger partial charge is 0.370 e. The Morgan fingerprint density at radius 2 is 1.94 bits per heavy atom. The number of hydrogen-bond donors (Lipinski definition) is 1. The first-order chi connectivity index (χ1) is 8.65. The van der Waals surface area contributed by atoms with Gasteiger partial charge in [-0.05, 0) is 65.2 Å². The molecule has 1 aromatic rings. The minimum absolute atomic E-state index is 0.105. The van der Waals surface area contributed by atoms with Crippen LogP contribution in [-0.4, -0.2) is 13.1 Å². The first kappa shape index (κ1) is 12.5. The number of halogens is 1. The molecule has 0 amide bonds. The van der Waals surface area contributed by atoms with Crippen LogP contribution in [0, 0.1) is 11.8 Å². The van der Waals surface area contributed by atoms with Gasteiger partial charge in [0.15, 0.2) is 0 Å². The molecule has 1 aliphatic heterocycles. The van der Waals surface area contributed by atoms with Gasteiger partial charge in [-0.25, -0.2) is 0 Å². The molecule has 1 saturated heterocycles. The molecule has 3 unspecified atom stereocenters. The summed E-state index contributed by atoms with van der Waals surface area (Å²) in [6, 6.07) is 6.67. The van der Waals surface area contributed by atoms with Gasteiger partial charge in [0, 0.05) is 23.6 Å². The van der Waals surface area contributed by atoms with E-state index in [9.17, 15) is 0 Å². The molecule has 1 heterocycles. The Balaban J connectivity index is 1.81. The van der Waals surface area contributed by atoms with Crippen molar-refractivity contribution in [3.05, 3.63) is 28.2 Å². The quantitative estimate of drug-likeness (QED) is 0.902. The van der Waals surface area contributed by atoms with Crippen LogP contribution in [0.4, 0.5) is 5.69 Å². The molecule has 18 heavy (non-hydrogen) atoms. The molecule has 3 atom stereocenters. The fourth-order valence-corrected chi connectivity index (χ4v) is 4.14. The Morgan fingerprint density at radius 3 is 2.50 bits per heavy atom. The van der Waals surface area contributed by atoms with Crippen molar-refractivity contribution in [2.75, 3.05) is 18.0 Å². The maximum atomic E-state index is 5.93. The van der Waals surface area contributed by atoms with E-state index in [0.29, 0.717) is 0 Å². The summed E-state index contributed by atoms with van der Waals surface area (Å²) in [5, 5.41) is 0. The van der Waals surface area contributed by atoms with E-state index in [2.05, 4.69) is 39.0 Å². The van der Waals surface area contributed by atoms with Crippen LogP contribution in [0.2, 0.25) is 0 Å². The topological polar surface area (TPSA) is 29.3 Å². The summed E-state index contributed by atoms with van der Waals surface area (Å²) < 4.78 is 1.19. The normalized spacial score (nSPS) is 28.5. The fraction of sp³-hybridized carbons (Fsp3) is 0.600. The first-order valence-corrected chi connectivity index (χ1v) is 7.74. The first-order valence-electron chi connectivity index (χ1n) is 6.95. The van der Waals surface area contributed by atoms with Crippen molar-refractivity contribution in [3.8, 4) is 0 Å². The van der Waals surface area contributed by atoms with Crippen LogP contribution in [0.3, 0.4) is 0 Å². The lowest BCUT2D eigenvalue weighted by atomic mass is 10.0. The number of hydrogen-bond acceptors (Lipinski definition) is 2. The molecule has 1 aromatic carbocycles. The highest BCUT2D eigenvalue weighted by molar-refractivity contribution is 9.10. The minimum Gasteiger partial charge on any atom is -0.370 e. The Labute approximate surface area is 118 Å². The van der Waals surface area contributed by atoms with Crippen molar-refractivity contribution < 1.29 is 0 Å². The Bertz CT molecular complexity index is 432. The predicted molar refractivity (Wildman–Crippen MR) is 79.8 cm³/mol. The van der Waals surface area contributed by atoms with Crippen LogP contribution in [0.25, 0.3) is 0 Å².